The third kappa shape index (κ3) is 2.75. The minimum Gasteiger partial charge on any atom is -0.319 e. The summed E-state index contributed by atoms with van der Waals surface area (Å²) in [5.74, 6) is -0.856. The minimum absolute atomic E-state index is 0.150. The Morgan fingerprint density at radius 3 is 2.91 bits per heavy atom. The third-order valence-electron chi connectivity index (χ3n) is 3.11. The zero-order valence-corrected chi connectivity index (χ0v) is 12.6. The summed E-state index contributed by atoms with van der Waals surface area (Å²) in [7, 11) is 0. The maximum Gasteiger partial charge on any atom is 0.259 e. The van der Waals surface area contributed by atoms with Gasteiger partial charge in [0.1, 0.15) is 5.82 Å². The number of aryl methyl sites for hydroxylation is 1. The minimum atomic E-state index is -0.471. The molecule has 0 spiro atoms. The van der Waals surface area contributed by atoms with Crippen LogP contribution in [0.2, 0.25) is 0 Å². The highest BCUT2D eigenvalue weighted by atomic mass is 32.1. The maximum atomic E-state index is 13.6. The van der Waals surface area contributed by atoms with Gasteiger partial charge in [0.2, 0.25) is 5.13 Å². The van der Waals surface area contributed by atoms with Crippen LogP contribution in [0.25, 0.3) is 5.13 Å². The van der Waals surface area contributed by atoms with Gasteiger partial charge in [0.25, 0.3) is 5.91 Å². The molecule has 3 aromatic rings. The number of hydrogen-bond donors (Lipinski definition) is 1. The highest BCUT2D eigenvalue weighted by molar-refractivity contribution is 7.12. The van der Waals surface area contributed by atoms with Crippen LogP contribution in [0.1, 0.15) is 23.0 Å². The number of thiazole rings is 1. The fourth-order valence-electron chi connectivity index (χ4n) is 2.04. The molecule has 0 aliphatic heterocycles. The van der Waals surface area contributed by atoms with Crippen molar-refractivity contribution in [2.45, 2.75) is 13.3 Å². The lowest BCUT2D eigenvalue weighted by molar-refractivity contribution is 0.102. The third-order valence-corrected chi connectivity index (χ3v) is 3.87. The van der Waals surface area contributed by atoms with Crippen molar-refractivity contribution in [3.05, 3.63) is 59.1 Å². The molecule has 0 aliphatic carbocycles. The normalized spacial score (nSPS) is 10.6. The van der Waals surface area contributed by atoms with Crippen molar-refractivity contribution in [3.63, 3.8) is 0 Å². The molecule has 0 unspecified atom stereocenters. The summed E-state index contributed by atoms with van der Waals surface area (Å²) < 4.78 is 15.2. The molecule has 2 aromatic heterocycles. The molecule has 0 saturated carbocycles. The molecule has 22 heavy (non-hydrogen) atoms. The standard InChI is InChI=1S/C15H13FN4OS/c1-2-12-10(9-20(19-12)15-17-7-8-22-15)14(21)18-13-6-4-3-5-11(13)16/h3-9H,2H2,1H3,(H,18,21). The molecule has 3 rings (SSSR count). The second-order valence-electron chi connectivity index (χ2n) is 4.54. The highest BCUT2D eigenvalue weighted by Gasteiger charge is 2.17. The SMILES string of the molecule is CCc1nn(-c2nccs2)cc1C(=O)Nc1ccccc1F. The van der Waals surface area contributed by atoms with Gasteiger partial charge < -0.3 is 5.32 Å². The summed E-state index contributed by atoms with van der Waals surface area (Å²) in [5, 5.41) is 9.46. The van der Waals surface area contributed by atoms with E-state index in [1.54, 1.807) is 29.2 Å². The summed E-state index contributed by atoms with van der Waals surface area (Å²) >= 11 is 1.42. The monoisotopic (exact) mass is 316 g/mol. The van der Waals surface area contributed by atoms with Crippen molar-refractivity contribution < 1.29 is 9.18 Å². The predicted octanol–water partition coefficient (Wildman–Crippen LogP) is 3.28. The van der Waals surface area contributed by atoms with Gasteiger partial charge in [-0.3, -0.25) is 4.79 Å². The lowest BCUT2D eigenvalue weighted by atomic mass is 10.2. The second-order valence-corrected chi connectivity index (χ2v) is 5.41. The van der Waals surface area contributed by atoms with Gasteiger partial charge in [0, 0.05) is 17.8 Å². The highest BCUT2D eigenvalue weighted by Crippen LogP contribution is 2.18. The predicted molar refractivity (Wildman–Crippen MR) is 83.0 cm³/mol. The number of amides is 1. The molecule has 0 saturated heterocycles. The Kier molecular flexibility index (Phi) is 3.97. The number of rotatable bonds is 4. The molecule has 0 bridgehead atoms. The van der Waals surface area contributed by atoms with Gasteiger partial charge in [-0.2, -0.15) is 5.10 Å². The van der Waals surface area contributed by atoms with Gasteiger partial charge in [-0.05, 0) is 18.6 Å². The Balaban J connectivity index is 1.90. The van der Waals surface area contributed by atoms with E-state index in [1.165, 1.54) is 23.5 Å². The first-order valence-corrected chi connectivity index (χ1v) is 7.61. The Morgan fingerprint density at radius 1 is 1.41 bits per heavy atom. The number of halogens is 1. The van der Waals surface area contributed by atoms with E-state index in [0.29, 0.717) is 22.8 Å². The number of para-hydroxylation sites is 1. The molecule has 1 N–H and O–H groups in total. The van der Waals surface area contributed by atoms with Crippen molar-refractivity contribution in [2.75, 3.05) is 5.32 Å². The van der Waals surface area contributed by atoms with Gasteiger partial charge in [-0.1, -0.05) is 19.1 Å². The Hall–Kier alpha value is -2.54. The average molecular weight is 316 g/mol. The van der Waals surface area contributed by atoms with E-state index < -0.39 is 5.82 Å². The number of anilines is 1. The Labute approximate surface area is 130 Å². The fraction of sp³-hybridized carbons (Fsp3) is 0.133. The summed E-state index contributed by atoms with van der Waals surface area (Å²) in [5.41, 5.74) is 1.21. The van der Waals surface area contributed by atoms with Crippen LogP contribution >= 0.6 is 11.3 Å². The number of benzene rings is 1. The largest absolute Gasteiger partial charge is 0.319 e. The maximum absolute atomic E-state index is 13.6. The lowest BCUT2D eigenvalue weighted by Crippen LogP contribution is -2.14. The van der Waals surface area contributed by atoms with Crippen molar-refractivity contribution in [3.8, 4) is 5.13 Å². The molecule has 5 nitrogen and oxygen atoms in total. The van der Waals surface area contributed by atoms with E-state index in [1.807, 2.05) is 12.3 Å². The van der Waals surface area contributed by atoms with Gasteiger partial charge >= 0.3 is 0 Å². The first-order chi connectivity index (χ1) is 10.7. The van der Waals surface area contributed by atoms with Crippen molar-refractivity contribution in [1.82, 2.24) is 14.8 Å². The summed E-state index contributed by atoms with van der Waals surface area (Å²) in [6.45, 7) is 1.91. The van der Waals surface area contributed by atoms with Crippen LogP contribution in [-0.2, 0) is 6.42 Å². The number of nitrogens with zero attached hydrogens (tertiary/aromatic N) is 3. The Morgan fingerprint density at radius 2 is 2.23 bits per heavy atom. The first-order valence-electron chi connectivity index (χ1n) is 6.73. The van der Waals surface area contributed by atoms with E-state index in [9.17, 15) is 9.18 Å². The molecular weight excluding hydrogens is 303 g/mol. The zero-order chi connectivity index (χ0) is 15.5. The topological polar surface area (TPSA) is 59.8 Å². The number of aromatic nitrogens is 3. The Bertz CT molecular complexity index is 798. The molecule has 0 aliphatic rings. The molecular formula is C15H13FN4OS. The lowest BCUT2D eigenvalue weighted by Gasteiger charge is -2.05. The first kappa shape index (κ1) is 14.4. The van der Waals surface area contributed by atoms with Gasteiger partial charge in [-0.15, -0.1) is 11.3 Å². The van der Waals surface area contributed by atoms with Crippen molar-refractivity contribution in [2.24, 2.45) is 0 Å². The molecule has 1 aromatic carbocycles. The van der Waals surface area contributed by atoms with Crippen molar-refractivity contribution >= 4 is 22.9 Å². The molecule has 0 atom stereocenters. The molecule has 112 valence electrons. The van der Waals surface area contributed by atoms with E-state index in [0.717, 1.165) is 0 Å². The van der Waals surface area contributed by atoms with Crippen LogP contribution < -0.4 is 5.32 Å². The molecule has 1 amide bonds. The van der Waals surface area contributed by atoms with E-state index in [4.69, 9.17) is 0 Å². The average Bonchev–Trinajstić information content (AvgIpc) is 3.18. The second kappa shape index (κ2) is 6.07. The molecule has 7 heteroatoms. The van der Waals surface area contributed by atoms with Crippen LogP contribution in [0.4, 0.5) is 10.1 Å². The van der Waals surface area contributed by atoms with Gasteiger partial charge in [0.05, 0.1) is 16.9 Å². The van der Waals surface area contributed by atoms with Crippen LogP contribution in [0.5, 0.6) is 0 Å². The van der Waals surface area contributed by atoms with Gasteiger partial charge in [0.15, 0.2) is 0 Å². The number of carbonyl (C=O) groups is 1. The molecule has 2 heterocycles. The van der Waals surface area contributed by atoms with Crippen LogP contribution in [0.3, 0.4) is 0 Å². The van der Waals surface area contributed by atoms with Crippen molar-refractivity contribution in [1.29, 1.82) is 0 Å². The summed E-state index contributed by atoms with van der Waals surface area (Å²) in [6, 6.07) is 6.06. The number of nitrogens with one attached hydrogen (secondary N) is 1. The van der Waals surface area contributed by atoms with E-state index >= 15 is 0 Å². The quantitative estimate of drug-likeness (QED) is 0.803. The van der Waals surface area contributed by atoms with Crippen LogP contribution in [0.15, 0.2) is 42.0 Å². The number of carbonyl (C=O) groups excluding carboxylic acids is 1. The molecule has 0 radical (unpaired) electrons. The smallest absolute Gasteiger partial charge is 0.259 e. The van der Waals surface area contributed by atoms with Crippen LogP contribution in [0, 0.1) is 5.82 Å². The van der Waals surface area contributed by atoms with E-state index in [-0.39, 0.29) is 11.6 Å². The zero-order valence-electron chi connectivity index (χ0n) is 11.8. The van der Waals surface area contributed by atoms with Crippen LogP contribution in [-0.4, -0.2) is 20.7 Å². The molecule has 0 fully saturated rings. The summed E-state index contributed by atoms with van der Waals surface area (Å²) in [6.07, 6.45) is 3.89. The summed E-state index contributed by atoms with van der Waals surface area (Å²) in [4.78, 5) is 16.5. The fourth-order valence-corrected chi connectivity index (χ4v) is 2.61. The number of hydrogen-bond acceptors (Lipinski definition) is 4. The van der Waals surface area contributed by atoms with E-state index in [2.05, 4.69) is 15.4 Å². The van der Waals surface area contributed by atoms with Gasteiger partial charge in [-0.25, -0.2) is 14.1 Å².